The molecule has 2 heterocycles. The monoisotopic (exact) mass is 793 g/mol. The number of aromatic nitrogens is 1. The largest absolute Gasteiger partial charge is 1.00 e. The maximum Gasteiger partial charge on any atom is 0.277 e. The average molecular weight is 794 g/mol. The van der Waals surface area contributed by atoms with Crippen LogP contribution in [0.1, 0.15) is 18.4 Å². The van der Waals surface area contributed by atoms with Gasteiger partial charge in [-0.25, -0.2) is 4.57 Å². The van der Waals surface area contributed by atoms with Gasteiger partial charge >= 0.3 is 0 Å². The maximum absolute atomic E-state index is 6.12. The second kappa shape index (κ2) is 22.0. The minimum absolute atomic E-state index is 0. The van der Waals surface area contributed by atoms with Gasteiger partial charge in [0.1, 0.15) is 12.1 Å². The molecule has 9 nitrogen and oxygen atoms in total. The van der Waals surface area contributed by atoms with E-state index in [1.54, 1.807) is 7.11 Å². The molecule has 4 rings (SSSR count). The third-order valence-corrected chi connectivity index (χ3v) is 9.31. The minimum atomic E-state index is 0. The molecule has 48 heavy (non-hydrogen) atoms. The van der Waals surface area contributed by atoms with Crippen molar-refractivity contribution in [3.63, 3.8) is 0 Å². The Morgan fingerprint density at radius 3 is 1.96 bits per heavy atom. The van der Waals surface area contributed by atoms with Gasteiger partial charge in [-0.1, -0.05) is 42.1 Å². The number of anilines is 2. The van der Waals surface area contributed by atoms with Crippen molar-refractivity contribution in [1.82, 2.24) is 9.80 Å². The van der Waals surface area contributed by atoms with Gasteiger partial charge in [0.2, 0.25) is 0 Å². The Balaban J connectivity index is 0.00000625. The number of benzene rings is 2. The lowest BCUT2D eigenvalue weighted by Gasteiger charge is -2.24. The van der Waals surface area contributed by atoms with Crippen LogP contribution in [0.2, 0.25) is 0 Å². The summed E-state index contributed by atoms with van der Waals surface area (Å²) in [7, 11) is 12.5. The zero-order valence-corrected chi connectivity index (χ0v) is 32.8. The molecule has 0 spiro atoms. The summed E-state index contributed by atoms with van der Waals surface area (Å²) in [5.74, 6) is 1.24. The first-order chi connectivity index (χ1) is 22.9. The van der Waals surface area contributed by atoms with Crippen molar-refractivity contribution in [2.75, 3.05) is 125 Å². The Labute approximate surface area is 310 Å². The predicted octanol–water partition coefficient (Wildman–Crippen LogP) is 2.08. The summed E-state index contributed by atoms with van der Waals surface area (Å²) in [6.07, 6.45) is 4.55. The van der Waals surface area contributed by atoms with Gasteiger partial charge in [-0.2, -0.15) is 0 Å². The normalized spacial score (nSPS) is 13.6. The first-order valence-corrected chi connectivity index (χ1v) is 17.6. The van der Waals surface area contributed by atoms with Crippen molar-refractivity contribution >= 4 is 40.2 Å². The lowest BCUT2D eigenvalue weighted by atomic mass is 10.1. The van der Waals surface area contributed by atoms with Crippen molar-refractivity contribution in [1.29, 1.82) is 0 Å². The molecule has 0 atom stereocenters. The standard InChI is InChI=1S/C37H56N5O4S.HI/c1-38(2)17-11-19-41(20-12-18-39(3)4)36-29-31(30-37-40(5)34-15-9-10-16-35(34)47-37)32-13-7-8-14-33(32)42(36)21-22-44-25-26-46-28-27-45-24-23-43-6;/h7-10,13-16,29-30H,11-12,17-28H2,1-6H3;1H/q+1;/p-1. The molecule has 2 aromatic carbocycles. The molecule has 0 fully saturated rings. The van der Waals surface area contributed by atoms with E-state index in [9.17, 15) is 0 Å². The summed E-state index contributed by atoms with van der Waals surface area (Å²) in [5.41, 5.74) is 3.72. The molecule has 0 saturated heterocycles. The first-order valence-electron chi connectivity index (χ1n) is 16.8. The number of para-hydroxylation sites is 2. The van der Waals surface area contributed by atoms with Gasteiger partial charge in [0.15, 0.2) is 0 Å². The Hall–Kier alpha value is -1.97. The Morgan fingerprint density at radius 1 is 0.750 bits per heavy atom. The molecule has 1 aliphatic heterocycles. The number of methoxy groups -OCH3 is 1. The Bertz CT molecular complexity index is 1400. The van der Waals surface area contributed by atoms with Crippen LogP contribution in [0.15, 0.2) is 64.5 Å². The summed E-state index contributed by atoms with van der Waals surface area (Å²) < 4.78 is 24.8. The van der Waals surface area contributed by atoms with E-state index >= 15 is 0 Å². The van der Waals surface area contributed by atoms with Crippen LogP contribution in [-0.4, -0.2) is 125 Å². The molecule has 0 saturated carbocycles. The van der Waals surface area contributed by atoms with E-state index in [0.717, 1.165) is 45.6 Å². The van der Waals surface area contributed by atoms with Gasteiger partial charge in [0.05, 0.1) is 70.1 Å². The second-order valence-corrected chi connectivity index (χ2v) is 13.4. The fraction of sp³-hybridized carbons (Fsp3) is 0.541. The van der Waals surface area contributed by atoms with E-state index in [1.165, 1.54) is 37.9 Å². The fourth-order valence-electron chi connectivity index (χ4n) is 5.70. The summed E-state index contributed by atoms with van der Waals surface area (Å²) >= 11 is 1.84. The third kappa shape index (κ3) is 12.4. The number of nitrogens with zero attached hydrogens (tertiary/aromatic N) is 5. The maximum atomic E-state index is 6.12. The first kappa shape index (κ1) is 40.5. The number of thioether (sulfide) groups is 1. The summed E-state index contributed by atoms with van der Waals surface area (Å²) in [4.78, 5) is 10.7. The van der Waals surface area contributed by atoms with Crippen LogP contribution in [0.3, 0.4) is 0 Å². The highest BCUT2D eigenvalue weighted by Gasteiger charge is 2.26. The van der Waals surface area contributed by atoms with Crippen LogP contribution in [0.25, 0.3) is 17.0 Å². The molecule has 0 N–H and O–H groups in total. The molecule has 1 aliphatic rings. The summed E-state index contributed by atoms with van der Waals surface area (Å²) in [6.45, 7) is 8.84. The third-order valence-electron chi connectivity index (χ3n) is 8.14. The van der Waals surface area contributed by atoms with Crippen LogP contribution < -0.4 is 38.3 Å². The van der Waals surface area contributed by atoms with E-state index in [1.807, 2.05) is 11.8 Å². The second-order valence-electron chi connectivity index (χ2n) is 12.4. The van der Waals surface area contributed by atoms with Crippen molar-refractivity contribution < 1.29 is 47.5 Å². The zero-order chi connectivity index (χ0) is 33.4. The lowest BCUT2D eigenvalue weighted by Crippen LogP contribution is -3.00. The quantitative estimate of drug-likeness (QED) is 0.0866. The molecular weight excluding hydrogens is 737 g/mol. The van der Waals surface area contributed by atoms with E-state index in [2.05, 4.69) is 120 Å². The molecule has 0 radical (unpaired) electrons. The smallest absolute Gasteiger partial charge is 0.277 e. The number of halogens is 1. The van der Waals surface area contributed by atoms with Crippen LogP contribution >= 0.6 is 11.8 Å². The number of rotatable bonds is 22. The van der Waals surface area contributed by atoms with Crippen molar-refractivity contribution in [3.8, 4) is 0 Å². The number of hydrogen-bond donors (Lipinski definition) is 0. The number of hydrogen-bond acceptors (Lipinski definition) is 9. The SMILES string of the molecule is COCCOCCOCCOCC[n+]1c(N(CCCN(C)C)CCCN(C)C)cc(C=C2Sc3ccccc3N2C)c2ccccc21.[I-]. The Morgan fingerprint density at radius 2 is 1.33 bits per heavy atom. The lowest BCUT2D eigenvalue weighted by molar-refractivity contribution is -0.661. The molecule has 0 aliphatic carbocycles. The molecule has 0 amide bonds. The van der Waals surface area contributed by atoms with Crippen LogP contribution in [-0.2, 0) is 25.5 Å². The number of fused-ring (bicyclic) bond motifs is 2. The van der Waals surface area contributed by atoms with Gasteiger partial charge in [0, 0.05) is 43.6 Å². The topological polar surface area (TPSA) is 53.8 Å². The van der Waals surface area contributed by atoms with Crippen LogP contribution in [0.4, 0.5) is 11.5 Å². The highest BCUT2D eigenvalue weighted by Crippen LogP contribution is 2.45. The molecule has 3 aromatic rings. The van der Waals surface area contributed by atoms with Gasteiger partial charge in [-0.05, 0) is 70.9 Å². The van der Waals surface area contributed by atoms with Gasteiger partial charge in [0.25, 0.3) is 5.82 Å². The van der Waals surface area contributed by atoms with Gasteiger partial charge in [-0.15, -0.1) is 0 Å². The zero-order valence-electron chi connectivity index (χ0n) is 29.8. The van der Waals surface area contributed by atoms with Crippen molar-refractivity contribution in [2.45, 2.75) is 24.3 Å². The van der Waals surface area contributed by atoms with Crippen LogP contribution in [0, 0.1) is 0 Å². The van der Waals surface area contributed by atoms with E-state index in [0.29, 0.717) is 46.2 Å². The highest BCUT2D eigenvalue weighted by atomic mass is 127. The molecule has 11 heteroatoms. The van der Waals surface area contributed by atoms with Gasteiger partial charge in [-0.3, -0.25) is 4.90 Å². The predicted molar refractivity (Wildman–Crippen MR) is 196 cm³/mol. The van der Waals surface area contributed by atoms with Gasteiger partial charge < -0.3 is 57.6 Å². The van der Waals surface area contributed by atoms with E-state index < -0.39 is 0 Å². The molecule has 266 valence electrons. The average Bonchev–Trinajstić information content (AvgIpc) is 3.37. The Kier molecular flexibility index (Phi) is 18.5. The van der Waals surface area contributed by atoms with Crippen LogP contribution in [0.5, 0.6) is 0 Å². The summed E-state index contributed by atoms with van der Waals surface area (Å²) in [5, 5.41) is 2.48. The van der Waals surface area contributed by atoms with E-state index in [4.69, 9.17) is 18.9 Å². The summed E-state index contributed by atoms with van der Waals surface area (Å²) in [6, 6.07) is 19.9. The molecule has 0 unspecified atom stereocenters. The van der Waals surface area contributed by atoms with Crippen molar-refractivity contribution in [3.05, 3.63) is 65.2 Å². The minimum Gasteiger partial charge on any atom is -1.00 e. The molecular formula is C37H56IN5O4S. The van der Waals surface area contributed by atoms with Crippen molar-refractivity contribution in [2.24, 2.45) is 0 Å². The molecule has 1 aromatic heterocycles. The highest BCUT2D eigenvalue weighted by molar-refractivity contribution is 8.03. The fourth-order valence-corrected chi connectivity index (χ4v) is 6.81. The number of ether oxygens (including phenoxy) is 4. The molecule has 0 bridgehead atoms. The number of pyridine rings is 1. The van der Waals surface area contributed by atoms with E-state index in [-0.39, 0.29) is 24.0 Å².